The van der Waals surface area contributed by atoms with Gasteiger partial charge in [-0.25, -0.2) is 5.10 Å². The third-order valence-corrected chi connectivity index (χ3v) is 1.90. The molecule has 0 unspecified atom stereocenters. The molecule has 0 atom stereocenters. The second kappa shape index (κ2) is 2.85. The Bertz CT molecular complexity index is 406. The number of benzene rings is 1. The highest BCUT2D eigenvalue weighted by molar-refractivity contribution is 5.62. The van der Waals surface area contributed by atoms with E-state index in [1.807, 2.05) is 25.1 Å². The average molecular weight is 175 g/mol. The van der Waals surface area contributed by atoms with E-state index in [0.29, 0.717) is 5.82 Å². The summed E-state index contributed by atoms with van der Waals surface area (Å²) in [6.45, 7) is 1.96. The maximum absolute atomic E-state index is 5.74. The Labute approximate surface area is 75.0 Å². The predicted molar refractivity (Wildman–Crippen MR) is 48.8 cm³/mol. The molecule has 0 spiro atoms. The summed E-state index contributed by atoms with van der Waals surface area (Å²) in [5.74, 6) is 0.631. The highest BCUT2D eigenvalue weighted by atomic mass is 15.5. The first-order valence-electron chi connectivity index (χ1n) is 3.87. The zero-order valence-electron chi connectivity index (χ0n) is 7.15. The van der Waals surface area contributed by atoms with Gasteiger partial charge in [0.1, 0.15) is 0 Å². The van der Waals surface area contributed by atoms with Crippen LogP contribution in [0.4, 0.5) is 5.69 Å². The van der Waals surface area contributed by atoms with Crippen molar-refractivity contribution in [1.82, 2.24) is 20.6 Å². The van der Waals surface area contributed by atoms with Crippen molar-refractivity contribution in [2.45, 2.75) is 6.92 Å². The zero-order valence-corrected chi connectivity index (χ0v) is 7.15. The van der Waals surface area contributed by atoms with E-state index in [2.05, 4.69) is 20.6 Å². The summed E-state index contributed by atoms with van der Waals surface area (Å²) in [5, 5.41) is 13.4. The van der Waals surface area contributed by atoms with Gasteiger partial charge in [-0.2, -0.15) is 0 Å². The minimum absolute atomic E-state index is 0.631. The molecule has 2 rings (SSSR count). The van der Waals surface area contributed by atoms with Crippen molar-refractivity contribution in [1.29, 1.82) is 0 Å². The van der Waals surface area contributed by atoms with Crippen molar-refractivity contribution in [2.75, 3.05) is 5.73 Å². The summed E-state index contributed by atoms with van der Waals surface area (Å²) in [6, 6.07) is 5.71. The summed E-state index contributed by atoms with van der Waals surface area (Å²) in [6.07, 6.45) is 0. The molecule has 66 valence electrons. The molecule has 0 aliphatic rings. The number of aromatic nitrogens is 4. The van der Waals surface area contributed by atoms with Gasteiger partial charge in [0.05, 0.1) is 0 Å². The highest BCUT2D eigenvalue weighted by Gasteiger charge is 2.02. The monoisotopic (exact) mass is 175 g/mol. The fourth-order valence-electron chi connectivity index (χ4n) is 1.07. The van der Waals surface area contributed by atoms with Gasteiger partial charge in [-0.3, -0.25) is 0 Å². The van der Waals surface area contributed by atoms with Crippen LogP contribution in [0.1, 0.15) is 5.56 Å². The van der Waals surface area contributed by atoms with E-state index < -0.39 is 0 Å². The van der Waals surface area contributed by atoms with E-state index in [0.717, 1.165) is 16.8 Å². The Balaban J connectivity index is 2.49. The molecule has 0 saturated heterocycles. The first kappa shape index (κ1) is 7.72. The van der Waals surface area contributed by atoms with Crippen molar-refractivity contribution < 1.29 is 0 Å². The lowest BCUT2D eigenvalue weighted by Gasteiger charge is -2.00. The summed E-state index contributed by atoms with van der Waals surface area (Å²) in [4.78, 5) is 0. The van der Waals surface area contributed by atoms with Gasteiger partial charge in [0, 0.05) is 11.3 Å². The molecule has 0 fully saturated rings. The maximum atomic E-state index is 5.74. The van der Waals surface area contributed by atoms with Crippen LogP contribution in [0.3, 0.4) is 0 Å². The summed E-state index contributed by atoms with van der Waals surface area (Å²) in [5.41, 5.74) is 8.44. The number of hydrogen-bond donors (Lipinski definition) is 2. The lowest BCUT2D eigenvalue weighted by Crippen LogP contribution is -1.90. The molecule has 5 nitrogen and oxygen atoms in total. The fourth-order valence-corrected chi connectivity index (χ4v) is 1.07. The van der Waals surface area contributed by atoms with E-state index in [-0.39, 0.29) is 0 Å². The van der Waals surface area contributed by atoms with Crippen molar-refractivity contribution in [2.24, 2.45) is 0 Å². The Kier molecular flexibility index (Phi) is 1.70. The molecule has 13 heavy (non-hydrogen) atoms. The van der Waals surface area contributed by atoms with E-state index in [1.54, 1.807) is 0 Å². The molecule has 0 radical (unpaired) electrons. The van der Waals surface area contributed by atoms with Crippen LogP contribution in [0.2, 0.25) is 0 Å². The minimum atomic E-state index is 0.631. The molecule has 0 bridgehead atoms. The van der Waals surface area contributed by atoms with Crippen LogP contribution in [0.5, 0.6) is 0 Å². The summed E-state index contributed by atoms with van der Waals surface area (Å²) in [7, 11) is 0. The quantitative estimate of drug-likeness (QED) is 0.627. The smallest absolute Gasteiger partial charge is 0.179 e. The van der Waals surface area contributed by atoms with E-state index in [9.17, 15) is 0 Å². The molecule has 5 heteroatoms. The van der Waals surface area contributed by atoms with Gasteiger partial charge in [-0.15, -0.1) is 5.10 Å². The molecule has 0 aliphatic carbocycles. The SMILES string of the molecule is Cc1ccc(-c2nnn[nH]2)cc1N. The van der Waals surface area contributed by atoms with E-state index in [4.69, 9.17) is 5.73 Å². The van der Waals surface area contributed by atoms with Crippen molar-refractivity contribution in [3.8, 4) is 11.4 Å². The van der Waals surface area contributed by atoms with Crippen LogP contribution in [-0.4, -0.2) is 20.6 Å². The number of H-pyrrole nitrogens is 1. The number of tetrazole rings is 1. The van der Waals surface area contributed by atoms with E-state index in [1.165, 1.54) is 0 Å². The third kappa shape index (κ3) is 1.35. The predicted octanol–water partition coefficient (Wildman–Crippen LogP) is 0.757. The lowest BCUT2D eigenvalue weighted by molar-refractivity contribution is 0.881. The Morgan fingerprint density at radius 3 is 2.85 bits per heavy atom. The van der Waals surface area contributed by atoms with Crippen molar-refractivity contribution in [3.63, 3.8) is 0 Å². The van der Waals surface area contributed by atoms with Crippen LogP contribution < -0.4 is 5.73 Å². The van der Waals surface area contributed by atoms with Crippen LogP contribution in [-0.2, 0) is 0 Å². The molecule has 3 N–H and O–H groups in total. The number of nitrogens with zero attached hydrogens (tertiary/aromatic N) is 3. The van der Waals surface area contributed by atoms with Crippen LogP contribution in [0.25, 0.3) is 11.4 Å². The average Bonchev–Trinajstić information content (AvgIpc) is 2.62. The Hall–Kier alpha value is -1.91. The normalized spacial score (nSPS) is 10.2. The second-order valence-corrected chi connectivity index (χ2v) is 2.82. The first-order chi connectivity index (χ1) is 6.27. The second-order valence-electron chi connectivity index (χ2n) is 2.82. The molecule has 1 heterocycles. The van der Waals surface area contributed by atoms with Gasteiger partial charge in [-0.05, 0) is 29.0 Å². The molecule has 1 aromatic carbocycles. The van der Waals surface area contributed by atoms with Crippen LogP contribution in [0.15, 0.2) is 18.2 Å². The molecular weight excluding hydrogens is 166 g/mol. The molecule has 1 aromatic heterocycles. The maximum Gasteiger partial charge on any atom is 0.179 e. The van der Waals surface area contributed by atoms with E-state index >= 15 is 0 Å². The van der Waals surface area contributed by atoms with Crippen molar-refractivity contribution in [3.05, 3.63) is 23.8 Å². The first-order valence-corrected chi connectivity index (χ1v) is 3.87. The highest BCUT2D eigenvalue weighted by Crippen LogP contribution is 2.19. The number of rotatable bonds is 1. The Morgan fingerprint density at radius 2 is 2.23 bits per heavy atom. The number of hydrogen-bond acceptors (Lipinski definition) is 4. The van der Waals surface area contributed by atoms with Gasteiger partial charge < -0.3 is 5.73 Å². The number of nitrogens with one attached hydrogen (secondary N) is 1. The molecule has 0 amide bonds. The fraction of sp³-hybridized carbons (Fsp3) is 0.125. The van der Waals surface area contributed by atoms with Gasteiger partial charge in [0.25, 0.3) is 0 Å². The minimum Gasteiger partial charge on any atom is -0.398 e. The van der Waals surface area contributed by atoms with Gasteiger partial charge in [-0.1, -0.05) is 12.1 Å². The standard InChI is InChI=1S/C8H9N5/c1-5-2-3-6(4-7(5)9)8-10-12-13-11-8/h2-4H,9H2,1H3,(H,10,11,12,13). The molecule has 0 aliphatic heterocycles. The number of nitrogen functional groups attached to an aromatic ring is 1. The van der Waals surface area contributed by atoms with Crippen molar-refractivity contribution >= 4 is 5.69 Å². The molecule has 2 aromatic rings. The number of aryl methyl sites for hydroxylation is 1. The van der Waals surface area contributed by atoms with Gasteiger partial charge in [0.2, 0.25) is 0 Å². The van der Waals surface area contributed by atoms with Crippen LogP contribution >= 0.6 is 0 Å². The zero-order chi connectivity index (χ0) is 9.26. The van der Waals surface area contributed by atoms with Gasteiger partial charge >= 0.3 is 0 Å². The molecule has 0 saturated carbocycles. The van der Waals surface area contributed by atoms with Gasteiger partial charge in [0.15, 0.2) is 5.82 Å². The molecular formula is C8H9N5. The lowest BCUT2D eigenvalue weighted by atomic mass is 10.1. The largest absolute Gasteiger partial charge is 0.398 e. The third-order valence-electron chi connectivity index (χ3n) is 1.90. The summed E-state index contributed by atoms with van der Waals surface area (Å²) >= 11 is 0. The topological polar surface area (TPSA) is 80.5 Å². The summed E-state index contributed by atoms with van der Waals surface area (Å²) < 4.78 is 0. The number of anilines is 1. The Morgan fingerprint density at radius 1 is 1.38 bits per heavy atom. The number of aromatic amines is 1. The van der Waals surface area contributed by atoms with Crippen LogP contribution in [0, 0.1) is 6.92 Å². The number of nitrogens with two attached hydrogens (primary N) is 1.